The molecule has 136 valence electrons. The van der Waals surface area contributed by atoms with E-state index in [0.29, 0.717) is 13.0 Å². The monoisotopic (exact) mass is 378 g/mol. The lowest BCUT2D eigenvalue weighted by Crippen LogP contribution is -2.32. The number of hydrogen-bond acceptors (Lipinski definition) is 5. The van der Waals surface area contributed by atoms with E-state index in [1.807, 2.05) is 37.3 Å². The number of carbonyl (C=O) groups is 2. The third-order valence-electron chi connectivity index (χ3n) is 4.63. The fraction of sp³-hybridized carbons (Fsp3) is 0.190. The molecule has 2 heterocycles. The van der Waals surface area contributed by atoms with Gasteiger partial charge in [0, 0.05) is 17.8 Å². The molecule has 1 aromatic heterocycles. The van der Waals surface area contributed by atoms with Crippen molar-refractivity contribution in [2.24, 2.45) is 0 Å². The van der Waals surface area contributed by atoms with E-state index in [1.54, 1.807) is 16.2 Å². The number of amides is 1. The highest BCUT2D eigenvalue weighted by Gasteiger charge is 2.25. The maximum Gasteiger partial charge on any atom is 0.293 e. The van der Waals surface area contributed by atoms with E-state index < -0.39 is 0 Å². The average molecular weight is 378 g/mol. The van der Waals surface area contributed by atoms with Crippen LogP contribution < -0.4 is 4.90 Å². The van der Waals surface area contributed by atoms with Crippen LogP contribution in [0.25, 0.3) is 21.0 Å². The number of aromatic nitrogens is 1. The maximum atomic E-state index is 12.2. The fourth-order valence-corrected chi connectivity index (χ4v) is 4.42. The van der Waals surface area contributed by atoms with Gasteiger partial charge < -0.3 is 9.64 Å². The number of benzene rings is 2. The van der Waals surface area contributed by atoms with Crippen LogP contribution in [0.5, 0.6) is 0 Å². The molecule has 4 rings (SSSR count). The zero-order valence-electron chi connectivity index (χ0n) is 14.8. The number of ether oxygens (including phenoxy) is 1. The molecule has 0 bridgehead atoms. The molecule has 0 radical (unpaired) electrons. The van der Waals surface area contributed by atoms with Crippen LogP contribution in [0.2, 0.25) is 0 Å². The number of rotatable bonds is 5. The van der Waals surface area contributed by atoms with Crippen molar-refractivity contribution in [2.75, 3.05) is 18.1 Å². The standard InChI is InChI=1S/C21H18N2O3S/c1-14-20(27-21(22-14)15-5-3-2-4-6-15)17-7-8-18-16(11-17)9-10-23(18)19(25)12-26-13-24/h2-8,11,13H,9-10,12H2,1H3. The molecule has 2 aromatic carbocycles. The second kappa shape index (κ2) is 7.32. The average Bonchev–Trinajstić information content (AvgIpc) is 3.30. The van der Waals surface area contributed by atoms with E-state index in [9.17, 15) is 9.59 Å². The maximum absolute atomic E-state index is 12.2. The van der Waals surface area contributed by atoms with Gasteiger partial charge in [-0.15, -0.1) is 11.3 Å². The van der Waals surface area contributed by atoms with Crippen molar-refractivity contribution in [1.82, 2.24) is 4.98 Å². The van der Waals surface area contributed by atoms with Crippen LogP contribution in [0.3, 0.4) is 0 Å². The van der Waals surface area contributed by atoms with Crippen LogP contribution in [0.15, 0.2) is 48.5 Å². The molecule has 0 saturated heterocycles. The minimum atomic E-state index is -0.223. The van der Waals surface area contributed by atoms with Crippen molar-refractivity contribution in [2.45, 2.75) is 13.3 Å². The van der Waals surface area contributed by atoms with Crippen molar-refractivity contribution in [1.29, 1.82) is 0 Å². The van der Waals surface area contributed by atoms with Gasteiger partial charge >= 0.3 is 0 Å². The molecule has 0 N–H and O–H groups in total. The second-order valence-electron chi connectivity index (χ2n) is 6.35. The Morgan fingerprint density at radius 3 is 2.81 bits per heavy atom. The number of anilines is 1. The Bertz CT molecular complexity index is 998. The van der Waals surface area contributed by atoms with Gasteiger partial charge in [0.15, 0.2) is 6.61 Å². The second-order valence-corrected chi connectivity index (χ2v) is 7.34. The molecular formula is C21H18N2O3S. The summed E-state index contributed by atoms with van der Waals surface area (Å²) in [5.41, 5.74) is 5.25. The van der Waals surface area contributed by atoms with Gasteiger partial charge in [-0.2, -0.15) is 0 Å². The van der Waals surface area contributed by atoms with Crippen molar-refractivity contribution in [3.63, 3.8) is 0 Å². The lowest BCUT2D eigenvalue weighted by Gasteiger charge is -2.16. The molecule has 1 aliphatic rings. The van der Waals surface area contributed by atoms with E-state index >= 15 is 0 Å². The van der Waals surface area contributed by atoms with Gasteiger partial charge in [0.25, 0.3) is 12.4 Å². The summed E-state index contributed by atoms with van der Waals surface area (Å²) in [5.74, 6) is -0.200. The zero-order chi connectivity index (χ0) is 18.8. The summed E-state index contributed by atoms with van der Waals surface area (Å²) in [4.78, 5) is 30.0. The Kier molecular flexibility index (Phi) is 4.73. The van der Waals surface area contributed by atoms with Crippen LogP contribution in [-0.2, 0) is 20.7 Å². The molecule has 0 atom stereocenters. The Labute approximate surface area is 161 Å². The minimum absolute atomic E-state index is 0.200. The number of aryl methyl sites for hydroxylation is 1. The quantitative estimate of drug-likeness (QED) is 0.633. The van der Waals surface area contributed by atoms with E-state index in [-0.39, 0.29) is 12.5 Å². The Morgan fingerprint density at radius 1 is 1.22 bits per heavy atom. The summed E-state index contributed by atoms with van der Waals surface area (Å²) in [7, 11) is 0. The molecule has 3 aromatic rings. The molecule has 1 aliphatic heterocycles. The lowest BCUT2D eigenvalue weighted by atomic mass is 10.1. The summed E-state index contributed by atoms with van der Waals surface area (Å²) in [5, 5.41) is 1.01. The smallest absolute Gasteiger partial charge is 0.293 e. The van der Waals surface area contributed by atoms with E-state index in [2.05, 4.69) is 22.9 Å². The Balaban J connectivity index is 1.63. The van der Waals surface area contributed by atoms with Crippen molar-refractivity contribution >= 4 is 29.4 Å². The van der Waals surface area contributed by atoms with Crippen molar-refractivity contribution in [3.8, 4) is 21.0 Å². The van der Waals surface area contributed by atoms with E-state index in [0.717, 1.165) is 44.4 Å². The normalized spacial score (nSPS) is 12.7. The number of hydrogen-bond donors (Lipinski definition) is 0. The number of thiazole rings is 1. The Hall–Kier alpha value is -2.99. The molecule has 27 heavy (non-hydrogen) atoms. The predicted molar refractivity (Wildman–Crippen MR) is 106 cm³/mol. The van der Waals surface area contributed by atoms with E-state index in [1.165, 1.54) is 0 Å². The number of nitrogens with zero attached hydrogens (tertiary/aromatic N) is 2. The zero-order valence-corrected chi connectivity index (χ0v) is 15.7. The van der Waals surface area contributed by atoms with Gasteiger partial charge in [-0.05, 0) is 36.6 Å². The first-order valence-corrected chi connectivity index (χ1v) is 9.51. The molecule has 0 unspecified atom stereocenters. The number of fused-ring (bicyclic) bond motifs is 1. The van der Waals surface area contributed by atoms with Gasteiger partial charge in [-0.3, -0.25) is 9.59 Å². The third kappa shape index (κ3) is 3.36. The van der Waals surface area contributed by atoms with Crippen LogP contribution in [0.4, 0.5) is 5.69 Å². The summed E-state index contributed by atoms with van der Waals surface area (Å²) in [6.45, 7) is 2.71. The third-order valence-corrected chi connectivity index (χ3v) is 5.89. The highest BCUT2D eigenvalue weighted by molar-refractivity contribution is 7.18. The lowest BCUT2D eigenvalue weighted by molar-refractivity contribution is -0.136. The molecule has 6 heteroatoms. The van der Waals surface area contributed by atoms with Gasteiger partial charge in [0.05, 0.1) is 10.6 Å². The topological polar surface area (TPSA) is 59.5 Å². The minimum Gasteiger partial charge on any atom is -0.458 e. The molecule has 0 fully saturated rings. The van der Waals surface area contributed by atoms with Crippen molar-refractivity contribution < 1.29 is 14.3 Å². The van der Waals surface area contributed by atoms with Gasteiger partial charge in [-0.25, -0.2) is 4.98 Å². The highest BCUT2D eigenvalue weighted by Crippen LogP contribution is 2.38. The summed E-state index contributed by atoms with van der Waals surface area (Å²) >= 11 is 1.68. The van der Waals surface area contributed by atoms with Crippen LogP contribution in [0, 0.1) is 6.92 Å². The van der Waals surface area contributed by atoms with Gasteiger partial charge in [0.1, 0.15) is 5.01 Å². The summed E-state index contributed by atoms with van der Waals surface area (Å²) in [6, 6.07) is 16.3. The SMILES string of the molecule is Cc1nc(-c2ccccc2)sc1-c1ccc2c(c1)CCN2C(=O)COC=O. The number of carbonyl (C=O) groups excluding carboxylic acids is 2. The molecule has 5 nitrogen and oxygen atoms in total. The molecular weight excluding hydrogens is 360 g/mol. The first-order chi connectivity index (χ1) is 13.2. The largest absolute Gasteiger partial charge is 0.458 e. The first kappa shape index (κ1) is 17.4. The van der Waals surface area contributed by atoms with Crippen LogP contribution in [0.1, 0.15) is 11.3 Å². The summed E-state index contributed by atoms with van der Waals surface area (Å²) < 4.78 is 4.60. The van der Waals surface area contributed by atoms with E-state index in [4.69, 9.17) is 4.98 Å². The van der Waals surface area contributed by atoms with Gasteiger partial charge in [0.2, 0.25) is 0 Å². The molecule has 1 amide bonds. The predicted octanol–water partition coefficient (Wildman–Crippen LogP) is 3.85. The Morgan fingerprint density at radius 2 is 2.04 bits per heavy atom. The summed E-state index contributed by atoms with van der Waals surface area (Å²) in [6.07, 6.45) is 0.791. The molecule has 0 saturated carbocycles. The van der Waals surface area contributed by atoms with Crippen LogP contribution in [-0.4, -0.2) is 30.5 Å². The first-order valence-electron chi connectivity index (χ1n) is 8.69. The fourth-order valence-electron chi connectivity index (χ4n) is 3.35. The van der Waals surface area contributed by atoms with Gasteiger partial charge in [-0.1, -0.05) is 36.4 Å². The molecule has 0 aliphatic carbocycles. The highest BCUT2D eigenvalue weighted by atomic mass is 32.1. The van der Waals surface area contributed by atoms with Crippen LogP contribution >= 0.6 is 11.3 Å². The molecule has 0 spiro atoms. The van der Waals surface area contributed by atoms with Crippen molar-refractivity contribution in [3.05, 3.63) is 59.8 Å².